The van der Waals surface area contributed by atoms with Gasteiger partial charge in [0.1, 0.15) is 5.78 Å². The maximum atomic E-state index is 12.5. The Morgan fingerprint density at radius 3 is 2.48 bits per heavy atom. The largest absolute Gasteiger partial charge is 0.299 e. The van der Waals surface area contributed by atoms with Crippen molar-refractivity contribution in [3.8, 4) is 0 Å². The highest BCUT2D eigenvalue weighted by atomic mass is 32.2. The third-order valence-corrected chi connectivity index (χ3v) is 7.67. The highest BCUT2D eigenvalue weighted by molar-refractivity contribution is 7.89. The molecule has 5 heteroatoms. The predicted octanol–water partition coefficient (Wildman–Crippen LogP) is 2.54. The van der Waals surface area contributed by atoms with Crippen LogP contribution in [0.25, 0.3) is 0 Å². The summed E-state index contributed by atoms with van der Waals surface area (Å²) < 4.78 is 27.7. The monoisotopic (exact) mass is 335 g/mol. The molecule has 0 radical (unpaired) electrons. The van der Waals surface area contributed by atoms with Crippen LogP contribution < -0.4 is 4.72 Å². The summed E-state index contributed by atoms with van der Waals surface area (Å²) in [5.41, 5.74) is 0.209. The molecule has 2 saturated carbocycles. The van der Waals surface area contributed by atoms with Crippen LogP contribution in [0.5, 0.6) is 0 Å². The number of benzene rings is 1. The summed E-state index contributed by atoms with van der Waals surface area (Å²) in [6.45, 7) is 4.50. The molecule has 3 rings (SSSR count). The van der Waals surface area contributed by atoms with Gasteiger partial charge in [0.15, 0.2) is 0 Å². The van der Waals surface area contributed by atoms with E-state index in [1.807, 2.05) is 30.3 Å². The van der Waals surface area contributed by atoms with Crippen LogP contribution in [-0.2, 0) is 21.2 Å². The predicted molar refractivity (Wildman–Crippen MR) is 90.5 cm³/mol. The SMILES string of the molecule is CC1(C)[C@H]2CC[C@]1(CS(=O)(=O)NCCc1ccccc1)C(=O)C2. The summed E-state index contributed by atoms with van der Waals surface area (Å²) in [4.78, 5) is 12.5. The minimum Gasteiger partial charge on any atom is -0.299 e. The van der Waals surface area contributed by atoms with E-state index in [0.29, 0.717) is 31.7 Å². The Kier molecular flexibility index (Phi) is 4.13. The summed E-state index contributed by atoms with van der Waals surface area (Å²) in [7, 11) is -3.45. The lowest BCUT2D eigenvalue weighted by molar-refractivity contribution is -0.128. The first-order chi connectivity index (χ1) is 10.8. The maximum absolute atomic E-state index is 12.5. The molecule has 126 valence electrons. The number of Topliss-reactive ketones (excluding diaryl/α,β-unsaturated/α-hetero) is 1. The molecule has 0 unspecified atom stereocenters. The van der Waals surface area contributed by atoms with Crippen molar-refractivity contribution in [1.29, 1.82) is 0 Å². The zero-order chi connectivity index (χ0) is 16.7. The highest BCUT2D eigenvalue weighted by Crippen LogP contribution is 2.64. The lowest BCUT2D eigenvalue weighted by Crippen LogP contribution is -2.45. The fourth-order valence-corrected chi connectivity index (χ4v) is 6.32. The maximum Gasteiger partial charge on any atom is 0.212 e. The second-order valence-electron chi connectivity index (χ2n) is 7.56. The summed E-state index contributed by atoms with van der Waals surface area (Å²) in [5, 5.41) is 0. The molecule has 2 aliphatic carbocycles. The van der Waals surface area contributed by atoms with E-state index in [-0.39, 0.29) is 17.0 Å². The molecule has 0 aromatic heterocycles. The zero-order valence-electron chi connectivity index (χ0n) is 13.8. The fourth-order valence-electron chi connectivity index (χ4n) is 4.48. The number of sulfonamides is 1. The molecular formula is C18H25NO3S. The third-order valence-electron chi connectivity index (χ3n) is 6.15. The summed E-state index contributed by atoms with van der Waals surface area (Å²) in [5.74, 6) is 0.429. The van der Waals surface area contributed by atoms with Gasteiger partial charge in [0.05, 0.1) is 5.75 Å². The van der Waals surface area contributed by atoms with Gasteiger partial charge in [-0.05, 0) is 36.2 Å². The van der Waals surface area contributed by atoms with E-state index in [1.54, 1.807) is 0 Å². The summed E-state index contributed by atoms with van der Waals surface area (Å²) in [6.07, 6.45) is 2.89. The van der Waals surface area contributed by atoms with E-state index in [2.05, 4.69) is 18.6 Å². The van der Waals surface area contributed by atoms with E-state index in [0.717, 1.165) is 12.0 Å². The summed E-state index contributed by atoms with van der Waals surface area (Å²) >= 11 is 0. The van der Waals surface area contributed by atoms with Gasteiger partial charge in [-0.1, -0.05) is 44.2 Å². The standard InChI is InChI=1S/C18H25NO3S/c1-17(2)15-8-10-18(17,16(20)12-15)13-23(21,22)19-11-9-14-6-4-3-5-7-14/h3-7,15,19H,8-13H2,1-2H3/t15-,18-/m0/s1. The molecule has 4 nitrogen and oxygen atoms in total. The molecule has 0 aliphatic heterocycles. The number of rotatable bonds is 6. The molecule has 23 heavy (non-hydrogen) atoms. The second-order valence-corrected chi connectivity index (χ2v) is 9.36. The van der Waals surface area contributed by atoms with E-state index >= 15 is 0 Å². The number of hydrogen-bond donors (Lipinski definition) is 1. The van der Waals surface area contributed by atoms with Crippen molar-refractivity contribution < 1.29 is 13.2 Å². The van der Waals surface area contributed by atoms with Gasteiger partial charge in [-0.15, -0.1) is 0 Å². The lowest BCUT2D eigenvalue weighted by Gasteiger charge is -2.36. The van der Waals surface area contributed by atoms with Crippen molar-refractivity contribution in [1.82, 2.24) is 4.72 Å². The van der Waals surface area contributed by atoms with Crippen LogP contribution >= 0.6 is 0 Å². The highest BCUT2D eigenvalue weighted by Gasteiger charge is 2.65. The van der Waals surface area contributed by atoms with E-state index in [4.69, 9.17) is 0 Å². The quantitative estimate of drug-likeness (QED) is 0.869. The van der Waals surface area contributed by atoms with Crippen molar-refractivity contribution in [2.45, 2.75) is 39.5 Å². The van der Waals surface area contributed by atoms with Crippen molar-refractivity contribution >= 4 is 15.8 Å². The van der Waals surface area contributed by atoms with Crippen LogP contribution in [-0.4, -0.2) is 26.5 Å². The van der Waals surface area contributed by atoms with Crippen molar-refractivity contribution in [3.63, 3.8) is 0 Å². The number of nitrogens with one attached hydrogen (secondary N) is 1. The molecule has 0 saturated heterocycles. The van der Waals surface area contributed by atoms with Crippen molar-refractivity contribution in [2.75, 3.05) is 12.3 Å². The Balaban J connectivity index is 1.66. The van der Waals surface area contributed by atoms with E-state index in [1.165, 1.54) is 0 Å². The number of carbonyl (C=O) groups is 1. The number of ketones is 1. The smallest absolute Gasteiger partial charge is 0.212 e. The molecule has 2 atom stereocenters. The van der Waals surface area contributed by atoms with E-state index in [9.17, 15) is 13.2 Å². The topological polar surface area (TPSA) is 63.2 Å². The molecule has 1 N–H and O–H groups in total. The van der Waals surface area contributed by atoms with Crippen LogP contribution in [0.4, 0.5) is 0 Å². The van der Waals surface area contributed by atoms with Crippen LogP contribution in [0.15, 0.2) is 30.3 Å². The zero-order valence-corrected chi connectivity index (χ0v) is 14.7. The van der Waals surface area contributed by atoms with E-state index < -0.39 is 15.4 Å². The van der Waals surface area contributed by atoms with Gasteiger partial charge in [-0.3, -0.25) is 4.79 Å². The van der Waals surface area contributed by atoms with Gasteiger partial charge < -0.3 is 0 Å². The first-order valence-corrected chi connectivity index (χ1v) is 9.97. The third kappa shape index (κ3) is 2.85. The molecule has 1 aromatic carbocycles. The van der Waals surface area contributed by atoms with Crippen LogP contribution in [0.2, 0.25) is 0 Å². The molecule has 0 spiro atoms. The Morgan fingerprint density at radius 2 is 1.91 bits per heavy atom. The molecular weight excluding hydrogens is 310 g/mol. The van der Waals surface area contributed by atoms with Crippen molar-refractivity contribution in [2.24, 2.45) is 16.7 Å². The Hall–Kier alpha value is -1.20. The summed E-state index contributed by atoms with van der Waals surface area (Å²) in [6, 6.07) is 9.80. The Bertz CT molecular complexity index is 696. The Morgan fingerprint density at radius 1 is 1.22 bits per heavy atom. The molecule has 2 aliphatic rings. The number of fused-ring (bicyclic) bond motifs is 2. The lowest BCUT2D eigenvalue weighted by atomic mass is 9.70. The van der Waals surface area contributed by atoms with Gasteiger partial charge in [-0.2, -0.15) is 0 Å². The fraction of sp³-hybridized carbons (Fsp3) is 0.611. The average Bonchev–Trinajstić information content (AvgIpc) is 2.82. The second kappa shape index (κ2) is 5.71. The first-order valence-electron chi connectivity index (χ1n) is 8.31. The number of hydrogen-bond acceptors (Lipinski definition) is 3. The number of carbonyl (C=O) groups excluding carboxylic acids is 1. The van der Waals surface area contributed by atoms with Gasteiger partial charge >= 0.3 is 0 Å². The average molecular weight is 335 g/mol. The molecule has 0 amide bonds. The molecule has 2 fully saturated rings. The van der Waals surface area contributed by atoms with Gasteiger partial charge in [0, 0.05) is 18.4 Å². The van der Waals surface area contributed by atoms with Crippen molar-refractivity contribution in [3.05, 3.63) is 35.9 Å². The normalized spacial score (nSPS) is 29.1. The van der Waals surface area contributed by atoms with Gasteiger partial charge in [0.2, 0.25) is 10.0 Å². The first kappa shape index (κ1) is 16.7. The van der Waals surface area contributed by atoms with Crippen LogP contribution in [0.3, 0.4) is 0 Å². The molecule has 0 heterocycles. The molecule has 1 aromatic rings. The minimum absolute atomic E-state index is 0.0584. The van der Waals surface area contributed by atoms with Crippen LogP contribution in [0.1, 0.15) is 38.7 Å². The van der Waals surface area contributed by atoms with Gasteiger partial charge in [-0.25, -0.2) is 13.1 Å². The Labute approximate surface area is 138 Å². The van der Waals surface area contributed by atoms with Crippen LogP contribution in [0, 0.1) is 16.7 Å². The minimum atomic E-state index is -3.45. The van der Waals surface area contributed by atoms with Gasteiger partial charge in [0.25, 0.3) is 0 Å². The molecule has 2 bridgehead atoms.